The molecule has 1 aliphatic heterocycles. The maximum atomic E-state index is 12.9. The van der Waals surface area contributed by atoms with E-state index < -0.39 is 18.1 Å². The lowest BCUT2D eigenvalue weighted by molar-refractivity contribution is -0.127. The summed E-state index contributed by atoms with van der Waals surface area (Å²) in [5, 5.41) is 3.15. The molecule has 0 radical (unpaired) electrons. The highest BCUT2D eigenvalue weighted by Crippen LogP contribution is 2.29. The molecule has 0 aromatic heterocycles. The number of nitrogens with two attached hydrogens (primary N) is 1. The first kappa shape index (κ1) is 18.1. The van der Waals surface area contributed by atoms with Crippen molar-refractivity contribution in [2.75, 3.05) is 11.9 Å². The highest BCUT2D eigenvalue weighted by Gasteiger charge is 2.31. The van der Waals surface area contributed by atoms with Gasteiger partial charge in [-0.25, -0.2) is 4.99 Å². The van der Waals surface area contributed by atoms with Crippen LogP contribution in [0.1, 0.15) is 18.1 Å². The Morgan fingerprint density at radius 3 is 2.62 bits per heavy atom. The number of aliphatic imine (C=N–C) groups is 1. The molecule has 2 atom stereocenters. The number of hydrogen-bond acceptors (Lipinski definition) is 4. The number of rotatable bonds is 3. The molecular weight excluding hydrogens is 352 g/mol. The first-order valence-corrected chi connectivity index (χ1v) is 8.53. The molecule has 2 aromatic carbocycles. The molecule has 0 bridgehead atoms. The number of anilines is 1. The Balaban J connectivity index is 2.17. The maximum Gasteiger partial charge on any atom is 0.272 e. The standard InChI is InChI=1S/C19H19ClN4O2/c1-11(21)18(25)23-17-19(26)24(2)15-9-8-13(20)10-14(15)16(22-17)12-6-4-3-5-7-12/h3-11,17H,21H2,1-2H3,(H,23,25)/t11-,17?/m0/s1. The van der Waals surface area contributed by atoms with Crippen LogP contribution in [-0.4, -0.2) is 36.8 Å². The normalized spacial score (nSPS) is 17.8. The van der Waals surface area contributed by atoms with Crippen LogP contribution in [0, 0.1) is 0 Å². The predicted octanol–water partition coefficient (Wildman–Crippen LogP) is 1.94. The summed E-state index contributed by atoms with van der Waals surface area (Å²) in [5.74, 6) is -0.801. The number of nitrogens with zero attached hydrogens (tertiary/aromatic N) is 2. The van der Waals surface area contributed by atoms with Gasteiger partial charge in [0, 0.05) is 23.2 Å². The van der Waals surface area contributed by atoms with E-state index in [4.69, 9.17) is 17.3 Å². The number of carbonyl (C=O) groups excluding carboxylic acids is 2. The molecule has 1 heterocycles. The van der Waals surface area contributed by atoms with Gasteiger partial charge >= 0.3 is 0 Å². The van der Waals surface area contributed by atoms with Crippen LogP contribution < -0.4 is 16.0 Å². The fourth-order valence-corrected chi connectivity index (χ4v) is 2.90. The van der Waals surface area contributed by atoms with Gasteiger partial charge in [-0.2, -0.15) is 0 Å². The molecule has 2 aromatic rings. The highest BCUT2D eigenvalue weighted by molar-refractivity contribution is 6.32. The molecule has 0 spiro atoms. The number of hydrogen-bond donors (Lipinski definition) is 2. The number of benzodiazepines with no additional fused rings is 1. The van der Waals surface area contributed by atoms with Crippen molar-refractivity contribution in [3.8, 4) is 0 Å². The molecule has 1 unspecified atom stereocenters. The molecule has 1 aliphatic rings. The second kappa shape index (κ2) is 7.27. The molecular formula is C19H19ClN4O2. The summed E-state index contributed by atoms with van der Waals surface area (Å²) in [5.41, 5.74) is 8.40. The van der Waals surface area contributed by atoms with E-state index in [1.54, 1.807) is 32.2 Å². The van der Waals surface area contributed by atoms with Crippen LogP contribution in [0.2, 0.25) is 5.02 Å². The van der Waals surface area contributed by atoms with Gasteiger partial charge in [-0.05, 0) is 25.1 Å². The Morgan fingerprint density at radius 2 is 1.96 bits per heavy atom. The Kier molecular flexibility index (Phi) is 5.06. The molecule has 0 saturated heterocycles. The van der Waals surface area contributed by atoms with Crippen LogP contribution in [-0.2, 0) is 9.59 Å². The molecule has 7 heteroatoms. The van der Waals surface area contributed by atoms with Crippen molar-refractivity contribution in [2.24, 2.45) is 10.7 Å². The van der Waals surface area contributed by atoms with Gasteiger partial charge in [0.1, 0.15) is 0 Å². The average molecular weight is 371 g/mol. The van der Waals surface area contributed by atoms with E-state index in [1.165, 1.54) is 4.90 Å². The van der Waals surface area contributed by atoms with Gasteiger partial charge in [0.15, 0.2) is 0 Å². The summed E-state index contributed by atoms with van der Waals surface area (Å²) in [6.45, 7) is 1.55. The summed E-state index contributed by atoms with van der Waals surface area (Å²) < 4.78 is 0. The number of likely N-dealkylation sites (N-methyl/N-ethyl adjacent to an activating group) is 1. The van der Waals surface area contributed by atoms with E-state index >= 15 is 0 Å². The van der Waals surface area contributed by atoms with Gasteiger partial charge in [0.05, 0.1) is 17.4 Å². The first-order chi connectivity index (χ1) is 12.4. The lowest BCUT2D eigenvalue weighted by Gasteiger charge is -2.21. The van der Waals surface area contributed by atoms with Crippen molar-refractivity contribution < 1.29 is 9.59 Å². The third-order valence-corrected chi connectivity index (χ3v) is 4.37. The smallest absolute Gasteiger partial charge is 0.272 e. The zero-order valence-corrected chi connectivity index (χ0v) is 15.2. The van der Waals surface area contributed by atoms with Gasteiger partial charge in [-0.3, -0.25) is 9.59 Å². The fourth-order valence-electron chi connectivity index (χ4n) is 2.73. The summed E-state index contributed by atoms with van der Waals surface area (Å²) in [4.78, 5) is 30.9. The van der Waals surface area contributed by atoms with Gasteiger partial charge in [0.25, 0.3) is 5.91 Å². The molecule has 0 aliphatic carbocycles. The molecule has 6 nitrogen and oxygen atoms in total. The van der Waals surface area contributed by atoms with Crippen molar-refractivity contribution in [3.05, 3.63) is 64.7 Å². The molecule has 2 amide bonds. The second-order valence-corrected chi connectivity index (χ2v) is 6.54. The van der Waals surface area contributed by atoms with E-state index in [2.05, 4.69) is 10.3 Å². The number of fused-ring (bicyclic) bond motifs is 1. The molecule has 26 heavy (non-hydrogen) atoms. The van der Waals surface area contributed by atoms with Gasteiger partial charge in [-0.15, -0.1) is 0 Å². The number of nitrogens with one attached hydrogen (secondary N) is 1. The molecule has 0 fully saturated rings. The van der Waals surface area contributed by atoms with Gasteiger partial charge < -0.3 is 16.0 Å². The average Bonchev–Trinajstić information content (AvgIpc) is 2.73. The van der Waals surface area contributed by atoms with Crippen LogP contribution in [0.3, 0.4) is 0 Å². The monoisotopic (exact) mass is 370 g/mol. The van der Waals surface area contributed by atoms with Crippen molar-refractivity contribution in [1.82, 2.24) is 5.32 Å². The second-order valence-electron chi connectivity index (χ2n) is 6.10. The molecule has 3 rings (SSSR count). The SMILES string of the molecule is C[C@H](N)C(=O)NC1N=C(c2ccccc2)c2cc(Cl)ccc2N(C)C1=O. The Labute approximate surface area is 156 Å². The number of amides is 2. The third-order valence-electron chi connectivity index (χ3n) is 4.14. The quantitative estimate of drug-likeness (QED) is 0.865. The molecule has 3 N–H and O–H groups in total. The maximum absolute atomic E-state index is 12.9. The Morgan fingerprint density at radius 1 is 1.27 bits per heavy atom. The van der Waals surface area contributed by atoms with Crippen LogP contribution in [0.25, 0.3) is 0 Å². The zero-order valence-electron chi connectivity index (χ0n) is 14.4. The highest BCUT2D eigenvalue weighted by atomic mass is 35.5. The fraction of sp³-hybridized carbons (Fsp3) is 0.211. The number of benzene rings is 2. The summed E-state index contributed by atoms with van der Waals surface area (Å²) in [6.07, 6.45) is -1.07. The van der Waals surface area contributed by atoms with Crippen LogP contribution in [0.15, 0.2) is 53.5 Å². The van der Waals surface area contributed by atoms with E-state index in [0.717, 1.165) is 11.1 Å². The molecule has 134 valence electrons. The van der Waals surface area contributed by atoms with Crippen molar-refractivity contribution in [3.63, 3.8) is 0 Å². The van der Waals surface area contributed by atoms with Crippen molar-refractivity contribution >= 4 is 34.8 Å². The van der Waals surface area contributed by atoms with Crippen LogP contribution in [0.5, 0.6) is 0 Å². The largest absolute Gasteiger partial charge is 0.325 e. The minimum atomic E-state index is -1.07. The zero-order chi connectivity index (χ0) is 18.8. The third kappa shape index (κ3) is 3.47. The van der Waals surface area contributed by atoms with Crippen LogP contribution >= 0.6 is 11.6 Å². The van der Waals surface area contributed by atoms with Crippen LogP contribution in [0.4, 0.5) is 5.69 Å². The van der Waals surface area contributed by atoms with E-state index in [-0.39, 0.29) is 5.91 Å². The Hall–Kier alpha value is -2.70. The van der Waals surface area contributed by atoms with E-state index in [1.807, 2.05) is 30.3 Å². The minimum absolute atomic E-state index is 0.353. The number of halogens is 1. The Bertz CT molecular complexity index is 880. The summed E-state index contributed by atoms with van der Waals surface area (Å²) in [6, 6.07) is 13.9. The molecule has 0 saturated carbocycles. The van der Waals surface area contributed by atoms with Crippen molar-refractivity contribution in [2.45, 2.75) is 19.1 Å². The number of carbonyl (C=O) groups is 2. The van der Waals surface area contributed by atoms with E-state index in [0.29, 0.717) is 16.4 Å². The minimum Gasteiger partial charge on any atom is -0.325 e. The first-order valence-electron chi connectivity index (χ1n) is 8.15. The topological polar surface area (TPSA) is 87.8 Å². The summed E-state index contributed by atoms with van der Waals surface area (Å²) in [7, 11) is 1.64. The lowest BCUT2D eigenvalue weighted by Crippen LogP contribution is -2.50. The van der Waals surface area contributed by atoms with Gasteiger partial charge in [0.2, 0.25) is 12.1 Å². The predicted molar refractivity (Wildman–Crippen MR) is 103 cm³/mol. The lowest BCUT2D eigenvalue weighted by atomic mass is 10.0. The van der Waals surface area contributed by atoms with E-state index in [9.17, 15) is 9.59 Å². The summed E-state index contributed by atoms with van der Waals surface area (Å²) >= 11 is 6.18. The van der Waals surface area contributed by atoms with Gasteiger partial charge in [-0.1, -0.05) is 41.9 Å². The van der Waals surface area contributed by atoms with Crippen molar-refractivity contribution in [1.29, 1.82) is 0 Å².